The third-order valence-electron chi connectivity index (χ3n) is 8.44. The molecule has 3 amide bonds. The predicted molar refractivity (Wildman–Crippen MR) is 155 cm³/mol. The van der Waals surface area contributed by atoms with Gasteiger partial charge in [0.15, 0.2) is 0 Å². The number of nitrogens with one attached hydrogen (secondary N) is 1. The lowest BCUT2D eigenvalue weighted by Crippen LogP contribution is -2.41. The number of nitrogens with zero attached hydrogens (tertiary/aromatic N) is 4. The molecule has 2 aliphatic carbocycles. The number of hydrogen-bond acceptors (Lipinski definition) is 5. The van der Waals surface area contributed by atoms with Gasteiger partial charge in [0.25, 0.3) is 11.8 Å². The Hall–Kier alpha value is -4.01. The Kier molecular flexibility index (Phi) is 8.57. The van der Waals surface area contributed by atoms with Crippen molar-refractivity contribution in [3.63, 3.8) is 0 Å². The number of aromatic nitrogens is 3. The Morgan fingerprint density at radius 3 is 2.50 bits per heavy atom. The van der Waals surface area contributed by atoms with Crippen LogP contribution in [0.2, 0.25) is 0 Å². The fraction of sp³-hybridized carbons (Fsp3) is 0.452. The average Bonchev–Trinajstić information content (AvgIpc) is 3.32. The average molecular weight is 543 g/mol. The molecule has 210 valence electrons. The molecule has 5 rings (SSSR count). The molecule has 3 N–H and O–H groups in total. The molecule has 1 aromatic carbocycles. The zero-order valence-corrected chi connectivity index (χ0v) is 22.9. The van der Waals surface area contributed by atoms with Gasteiger partial charge in [0.2, 0.25) is 11.9 Å². The van der Waals surface area contributed by atoms with Crippen molar-refractivity contribution in [2.75, 3.05) is 11.9 Å². The molecule has 3 aromatic rings. The molecule has 9 heteroatoms. The first-order valence-electron chi connectivity index (χ1n) is 14.4. The van der Waals surface area contributed by atoms with Gasteiger partial charge in [-0.1, -0.05) is 25.3 Å². The van der Waals surface area contributed by atoms with Crippen LogP contribution in [0.5, 0.6) is 0 Å². The highest BCUT2D eigenvalue weighted by atomic mass is 16.2. The summed E-state index contributed by atoms with van der Waals surface area (Å²) < 4.78 is 2.02. The Morgan fingerprint density at radius 2 is 1.82 bits per heavy atom. The van der Waals surface area contributed by atoms with E-state index in [4.69, 9.17) is 10.7 Å². The molecule has 2 heterocycles. The van der Waals surface area contributed by atoms with Crippen LogP contribution in [0.1, 0.15) is 78.5 Å². The monoisotopic (exact) mass is 542 g/mol. The van der Waals surface area contributed by atoms with Crippen LogP contribution >= 0.6 is 0 Å². The minimum absolute atomic E-state index is 0.0195. The lowest BCUT2D eigenvalue weighted by Gasteiger charge is -2.33. The second-order valence-corrected chi connectivity index (χ2v) is 11.1. The highest BCUT2D eigenvalue weighted by molar-refractivity contribution is 6.04. The van der Waals surface area contributed by atoms with Crippen molar-refractivity contribution in [1.82, 2.24) is 19.4 Å². The van der Waals surface area contributed by atoms with Gasteiger partial charge >= 0.3 is 0 Å². The Labute approximate surface area is 234 Å². The number of fused-ring (bicyclic) bond motifs is 1. The maximum Gasteiger partial charge on any atom is 0.259 e. The first-order chi connectivity index (χ1) is 19.4. The summed E-state index contributed by atoms with van der Waals surface area (Å²) >= 11 is 0. The van der Waals surface area contributed by atoms with Gasteiger partial charge in [-0.2, -0.15) is 0 Å². The van der Waals surface area contributed by atoms with Crippen molar-refractivity contribution in [3.05, 3.63) is 66.5 Å². The number of benzene rings is 1. The van der Waals surface area contributed by atoms with E-state index in [1.54, 1.807) is 24.4 Å². The topological polar surface area (TPSA) is 123 Å². The lowest BCUT2D eigenvalue weighted by atomic mass is 9.81. The number of carbonyl (C=O) groups is 3. The summed E-state index contributed by atoms with van der Waals surface area (Å²) in [4.78, 5) is 49.1. The van der Waals surface area contributed by atoms with Crippen molar-refractivity contribution >= 4 is 34.7 Å². The lowest BCUT2D eigenvalue weighted by molar-refractivity contribution is -0.123. The van der Waals surface area contributed by atoms with Gasteiger partial charge in [-0.05, 0) is 74.8 Å². The summed E-state index contributed by atoms with van der Waals surface area (Å²) in [6, 6.07) is 9.26. The van der Waals surface area contributed by atoms with Crippen molar-refractivity contribution in [3.8, 4) is 0 Å². The summed E-state index contributed by atoms with van der Waals surface area (Å²) in [5.41, 5.74) is 8.06. The van der Waals surface area contributed by atoms with Crippen LogP contribution in [-0.4, -0.2) is 49.7 Å². The number of amides is 3. The predicted octanol–water partition coefficient (Wildman–Crippen LogP) is 4.94. The molecule has 0 radical (unpaired) electrons. The van der Waals surface area contributed by atoms with Crippen LogP contribution in [0.3, 0.4) is 0 Å². The summed E-state index contributed by atoms with van der Waals surface area (Å²) in [5, 5.41) is 2.97. The summed E-state index contributed by atoms with van der Waals surface area (Å²) in [6.45, 7) is 5.03. The SMILES string of the molecule is C=CCN(C(=O)c1ccc2c(c1)nc(NC(=O)c1cccnc1)n2CC1CCC(C(N)=O)CC1)C1CCCCC1. The second kappa shape index (κ2) is 12.4. The van der Waals surface area contributed by atoms with Gasteiger partial charge in [0.1, 0.15) is 0 Å². The van der Waals surface area contributed by atoms with Crippen molar-refractivity contribution in [1.29, 1.82) is 0 Å². The van der Waals surface area contributed by atoms with E-state index in [1.807, 2.05) is 27.7 Å². The van der Waals surface area contributed by atoms with E-state index in [-0.39, 0.29) is 29.7 Å². The van der Waals surface area contributed by atoms with Crippen LogP contribution in [0, 0.1) is 11.8 Å². The highest BCUT2D eigenvalue weighted by Crippen LogP contribution is 2.32. The molecule has 2 fully saturated rings. The van der Waals surface area contributed by atoms with Gasteiger partial charge in [-0.15, -0.1) is 6.58 Å². The molecule has 0 unspecified atom stereocenters. The molecule has 0 saturated heterocycles. The number of imidazole rings is 1. The second-order valence-electron chi connectivity index (χ2n) is 11.1. The molecule has 2 aliphatic rings. The number of pyridine rings is 1. The first-order valence-corrected chi connectivity index (χ1v) is 14.4. The number of primary amides is 1. The minimum atomic E-state index is -0.298. The molecular weight excluding hydrogens is 504 g/mol. The van der Waals surface area contributed by atoms with Gasteiger partial charge in [-0.25, -0.2) is 4.98 Å². The van der Waals surface area contributed by atoms with Gasteiger partial charge in [0.05, 0.1) is 16.6 Å². The molecule has 9 nitrogen and oxygen atoms in total. The Balaban J connectivity index is 1.44. The number of hydrogen-bond donors (Lipinski definition) is 2. The minimum Gasteiger partial charge on any atom is -0.369 e. The molecule has 40 heavy (non-hydrogen) atoms. The standard InChI is InChI=1S/C31H38N6O3/c1-2-17-36(25-8-4-3-5-9-25)30(40)23-14-15-27-26(18-23)34-31(35-29(39)24-7-6-16-33-19-24)37(27)20-21-10-12-22(13-11-21)28(32)38/h2,6-7,14-16,18-19,21-22,25H,1,3-5,8-13,17,20H2,(H2,32,38)(H,34,35,39). The Morgan fingerprint density at radius 1 is 1.05 bits per heavy atom. The van der Waals surface area contributed by atoms with Crippen molar-refractivity contribution in [2.24, 2.45) is 17.6 Å². The fourth-order valence-electron chi connectivity index (χ4n) is 6.20. The summed E-state index contributed by atoms with van der Waals surface area (Å²) in [6.07, 6.45) is 13.7. The van der Waals surface area contributed by atoms with Gasteiger partial charge in [-0.3, -0.25) is 24.7 Å². The summed E-state index contributed by atoms with van der Waals surface area (Å²) in [5.74, 6) is 0.129. The molecule has 2 aromatic heterocycles. The van der Waals surface area contributed by atoms with E-state index in [2.05, 4.69) is 16.9 Å². The molecular formula is C31H38N6O3. The largest absolute Gasteiger partial charge is 0.369 e. The van der Waals surface area contributed by atoms with Crippen LogP contribution in [-0.2, 0) is 11.3 Å². The van der Waals surface area contributed by atoms with E-state index in [0.29, 0.717) is 41.6 Å². The molecule has 2 saturated carbocycles. The van der Waals surface area contributed by atoms with Crippen LogP contribution in [0.15, 0.2) is 55.4 Å². The molecule has 0 atom stereocenters. The van der Waals surface area contributed by atoms with E-state index < -0.39 is 0 Å². The highest BCUT2D eigenvalue weighted by Gasteiger charge is 2.28. The Bertz CT molecular complexity index is 1370. The zero-order chi connectivity index (χ0) is 28.1. The zero-order valence-electron chi connectivity index (χ0n) is 22.9. The van der Waals surface area contributed by atoms with E-state index in [1.165, 1.54) is 12.6 Å². The van der Waals surface area contributed by atoms with Crippen LogP contribution in [0.4, 0.5) is 5.95 Å². The van der Waals surface area contributed by atoms with Crippen LogP contribution in [0.25, 0.3) is 11.0 Å². The maximum absolute atomic E-state index is 13.7. The first kappa shape index (κ1) is 27.6. The fourth-order valence-corrected chi connectivity index (χ4v) is 6.20. The third kappa shape index (κ3) is 6.08. The van der Waals surface area contributed by atoms with Gasteiger partial charge < -0.3 is 15.2 Å². The third-order valence-corrected chi connectivity index (χ3v) is 8.44. The van der Waals surface area contributed by atoms with Crippen molar-refractivity contribution < 1.29 is 14.4 Å². The summed E-state index contributed by atoms with van der Waals surface area (Å²) in [7, 11) is 0. The molecule has 0 bridgehead atoms. The van der Waals surface area contributed by atoms with E-state index >= 15 is 0 Å². The van der Waals surface area contributed by atoms with E-state index in [0.717, 1.165) is 56.9 Å². The van der Waals surface area contributed by atoms with E-state index in [9.17, 15) is 14.4 Å². The molecule has 0 spiro atoms. The molecule has 0 aliphatic heterocycles. The van der Waals surface area contributed by atoms with Crippen molar-refractivity contribution in [2.45, 2.75) is 70.4 Å². The number of nitrogens with two attached hydrogens (primary N) is 1. The van der Waals surface area contributed by atoms with Crippen LogP contribution < -0.4 is 11.1 Å². The normalized spacial score (nSPS) is 19.7. The maximum atomic E-state index is 13.7. The van der Waals surface area contributed by atoms with Gasteiger partial charge in [0, 0.05) is 43.0 Å². The quantitative estimate of drug-likeness (QED) is 0.371. The number of carbonyl (C=O) groups excluding carboxylic acids is 3. The smallest absolute Gasteiger partial charge is 0.259 e. The number of rotatable bonds is 9. The number of anilines is 1.